The average Bonchev–Trinajstić information content (AvgIpc) is 2.96. The molecule has 0 saturated carbocycles. The number of carbonyl (C=O) groups is 1. The number of sulfonamides is 1. The van der Waals surface area contributed by atoms with Crippen molar-refractivity contribution >= 4 is 21.6 Å². The van der Waals surface area contributed by atoms with E-state index in [0.717, 1.165) is 35.1 Å². The minimum absolute atomic E-state index is 0.00202. The highest BCUT2D eigenvalue weighted by Gasteiger charge is 2.28. The van der Waals surface area contributed by atoms with E-state index in [1.807, 2.05) is 31.2 Å². The van der Waals surface area contributed by atoms with Gasteiger partial charge in [0.05, 0.1) is 24.8 Å². The Labute approximate surface area is 231 Å². The molecular weight excluding hydrogens is 514 g/mol. The lowest BCUT2D eigenvalue weighted by molar-refractivity contribution is -0.119. The summed E-state index contributed by atoms with van der Waals surface area (Å²) in [5, 5.41) is 2.88. The molecule has 1 amide bonds. The molecule has 3 aromatic carbocycles. The van der Waals surface area contributed by atoms with Gasteiger partial charge >= 0.3 is 0 Å². The topological polar surface area (TPSA) is 88.2 Å². The first-order valence-electron chi connectivity index (χ1n) is 13.2. The van der Waals surface area contributed by atoms with Crippen LogP contribution in [-0.4, -0.2) is 53.1 Å². The second-order valence-corrected chi connectivity index (χ2v) is 11.7. The SMILES string of the molecule is COc1ccc(S(=O)(=O)N(CC(=O)NCc2ccc(CN3CCCCC3)cc2)c2ccc(C)cc2)cc1OC. The van der Waals surface area contributed by atoms with Gasteiger partial charge in [0.15, 0.2) is 11.5 Å². The summed E-state index contributed by atoms with van der Waals surface area (Å²) in [5.74, 6) is 0.297. The van der Waals surface area contributed by atoms with Crippen LogP contribution in [0.25, 0.3) is 0 Å². The largest absolute Gasteiger partial charge is 0.493 e. The van der Waals surface area contributed by atoms with Crippen LogP contribution in [-0.2, 0) is 27.9 Å². The number of rotatable bonds is 11. The van der Waals surface area contributed by atoms with Crippen molar-refractivity contribution in [1.29, 1.82) is 0 Å². The van der Waals surface area contributed by atoms with E-state index in [1.54, 1.807) is 12.1 Å². The second-order valence-electron chi connectivity index (χ2n) is 9.79. The molecule has 39 heavy (non-hydrogen) atoms. The molecule has 0 atom stereocenters. The van der Waals surface area contributed by atoms with E-state index in [9.17, 15) is 13.2 Å². The zero-order chi connectivity index (χ0) is 27.8. The number of amides is 1. The van der Waals surface area contributed by atoms with Gasteiger partial charge in [-0.05, 0) is 68.2 Å². The molecule has 9 heteroatoms. The minimum atomic E-state index is -4.09. The maximum Gasteiger partial charge on any atom is 0.264 e. The van der Waals surface area contributed by atoms with Crippen LogP contribution in [0.5, 0.6) is 11.5 Å². The lowest BCUT2D eigenvalue weighted by Crippen LogP contribution is -2.40. The number of anilines is 1. The smallest absolute Gasteiger partial charge is 0.264 e. The van der Waals surface area contributed by atoms with E-state index in [0.29, 0.717) is 18.0 Å². The number of hydrogen-bond donors (Lipinski definition) is 1. The molecule has 0 spiro atoms. The fourth-order valence-electron chi connectivity index (χ4n) is 4.66. The summed E-state index contributed by atoms with van der Waals surface area (Å²) < 4.78 is 39.1. The van der Waals surface area contributed by atoms with Gasteiger partial charge in [0.25, 0.3) is 10.0 Å². The van der Waals surface area contributed by atoms with Crippen LogP contribution in [0.15, 0.2) is 71.6 Å². The number of hydrogen-bond acceptors (Lipinski definition) is 6. The molecule has 1 saturated heterocycles. The van der Waals surface area contributed by atoms with Gasteiger partial charge in [-0.2, -0.15) is 0 Å². The molecular formula is C30H37N3O5S. The molecule has 0 aliphatic carbocycles. The Kier molecular flexibility index (Phi) is 9.48. The molecule has 0 unspecified atom stereocenters. The quantitative estimate of drug-likeness (QED) is 0.377. The molecule has 8 nitrogen and oxygen atoms in total. The van der Waals surface area contributed by atoms with Crippen LogP contribution in [0.3, 0.4) is 0 Å². The monoisotopic (exact) mass is 551 g/mol. The van der Waals surface area contributed by atoms with Crippen LogP contribution in [0.4, 0.5) is 5.69 Å². The molecule has 1 aliphatic rings. The van der Waals surface area contributed by atoms with Gasteiger partial charge in [0, 0.05) is 19.2 Å². The summed E-state index contributed by atoms with van der Waals surface area (Å²) in [6.45, 7) is 5.07. The Morgan fingerprint density at radius 2 is 1.51 bits per heavy atom. The third kappa shape index (κ3) is 7.30. The lowest BCUT2D eigenvalue weighted by atomic mass is 10.1. The summed E-state index contributed by atoms with van der Waals surface area (Å²) in [7, 11) is -1.16. The Morgan fingerprint density at radius 1 is 0.872 bits per heavy atom. The summed E-state index contributed by atoms with van der Waals surface area (Å²) in [6.07, 6.45) is 3.82. The highest BCUT2D eigenvalue weighted by atomic mass is 32.2. The van der Waals surface area contributed by atoms with Crippen molar-refractivity contribution in [3.05, 3.63) is 83.4 Å². The third-order valence-corrected chi connectivity index (χ3v) is 8.69. The number of aryl methyl sites for hydroxylation is 1. The molecule has 1 heterocycles. The molecule has 1 N–H and O–H groups in total. The van der Waals surface area contributed by atoms with Crippen molar-refractivity contribution < 1.29 is 22.7 Å². The number of nitrogens with one attached hydrogen (secondary N) is 1. The van der Waals surface area contributed by atoms with E-state index in [2.05, 4.69) is 22.3 Å². The first-order chi connectivity index (χ1) is 18.8. The molecule has 1 fully saturated rings. The fourth-order valence-corrected chi connectivity index (χ4v) is 6.09. The van der Waals surface area contributed by atoms with Crippen LogP contribution in [0.1, 0.15) is 36.0 Å². The molecule has 1 aliphatic heterocycles. The van der Waals surface area contributed by atoms with E-state index in [-0.39, 0.29) is 17.2 Å². The maximum atomic E-state index is 13.7. The highest BCUT2D eigenvalue weighted by molar-refractivity contribution is 7.92. The number of carbonyl (C=O) groups excluding carboxylic acids is 1. The summed E-state index contributed by atoms with van der Waals surface area (Å²) >= 11 is 0. The molecule has 0 bridgehead atoms. The number of benzene rings is 3. The number of methoxy groups -OCH3 is 2. The van der Waals surface area contributed by atoms with Crippen molar-refractivity contribution in [2.45, 2.75) is 44.2 Å². The van der Waals surface area contributed by atoms with Crippen LogP contribution in [0.2, 0.25) is 0 Å². The summed E-state index contributed by atoms with van der Waals surface area (Å²) in [4.78, 5) is 15.5. The van der Waals surface area contributed by atoms with E-state index in [4.69, 9.17) is 9.47 Å². The number of nitrogens with zero attached hydrogens (tertiary/aromatic N) is 2. The first-order valence-corrected chi connectivity index (χ1v) is 14.6. The van der Waals surface area contributed by atoms with E-state index >= 15 is 0 Å². The van der Waals surface area contributed by atoms with E-state index in [1.165, 1.54) is 57.2 Å². The highest BCUT2D eigenvalue weighted by Crippen LogP contribution is 2.32. The number of piperidine rings is 1. The van der Waals surface area contributed by atoms with Gasteiger partial charge in [-0.3, -0.25) is 14.0 Å². The van der Waals surface area contributed by atoms with Crippen molar-refractivity contribution in [2.75, 3.05) is 38.2 Å². The van der Waals surface area contributed by atoms with Gasteiger partial charge in [-0.25, -0.2) is 8.42 Å². The zero-order valence-corrected chi connectivity index (χ0v) is 23.7. The molecule has 0 aromatic heterocycles. The Morgan fingerprint density at radius 3 is 2.15 bits per heavy atom. The summed E-state index contributed by atoms with van der Waals surface area (Å²) in [5.41, 5.74) is 3.58. The standard InChI is InChI=1S/C30H37N3O5S/c1-23-7-13-26(14-8-23)33(39(35,36)27-15-16-28(37-2)29(19-27)38-3)22-30(34)31-20-24-9-11-25(12-10-24)21-32-17-5-4-6-18-32/h7-16,19H,4-6,17-18,20-22H2,1-3H3,(H,31,34). The lowest BCUT2D eigenvalue weighted by Gasteiger charge is -2.26. The number of likely N-dealkylation sites (tertiary alicyclic amines) is 1. The van der Waals surface area contributed by atoms with Crippen molar-refractivity contribution in [1.82, 2.24) is 10.2 Å². The third-order valence-electron chi connectivity index (χ3n) is 6.92. The predicted molar refractivity (Wildman–Crippen MR) is 153 cm³/mol. The first kappa shape index (κ1) is 28.4. The van der Waals surface area contributed by atoms with Gasteiger partial charge in [0.2, 0.25) is 5.91 Å². The van der Waals surface area contributed by atoms with Crippen LogP contribution in [0, 0.1) is 6.92 Å². The minimum Gasteiger partial charge on any atom is -0.493 e. The van der Waals surface area contributed by atoms with Crippen molar-refractivity contribution in [2.24, 2.45) is 0 Å². The second kappa shape index (κ2) is 13.0. The van der Waals surface area contributed by atoms with Gasteiger partial charge in [0.1, 0.15) is 6.54 Å². The van der Waals surface area contributed by atoms with E-state index < -0.39 is 15.9 Å². The Balaban J connectivity index is 1.47. The molecule has 4 rings (SSSR count). The van der Waals surface area contributed by atoms with Gasteiger partial charge in [-0.1, -0.05) is 48.4 Å². The molecule has 3 aromatic rings. The van der Waals surface area contributed by atoms with Gasteiger partial charge in [-0.15, -0.1) is 0 Å². The van der Waals surface area contributed by atoms with Gasteiger partial charge < -0.3 is 14.8 Å². The Bertz CT molecular complexity index is 1350. The Hall–Kier alpha value is -3.56. The maximum absolute atomic E-state index is 13.7. The molecule has 0 radical (unpaired) electrons. The number of ether oxygens (including phenoxy) is 2. The molecule has 208 valence electrons. The fraction of sp³-hybridized carbons (Fsp3) is 0.367. The zero-order valence-electron chi connectivity index (χ0n) is 22.9. The summed E-state index contributed by atoms with van der Waals surface area (Å²) in [6, 6.07) is 19.6. The predicted octanol–water partition coefficient (Wildman–Crippen LogP) is 4.51. The van der Waals surface area contributed by atoms with Crippen molar-refractivity contribution in [3.8, 4) is 11.5 Å². The van der Waals surface area contributed by atoms with Crippen LogP contribution >= 0.6 is 0 Å². The average molecular weight is 552 g/mol. The van der Waals surface area contributed by atoms with Crippen molar-refractivity contribution in [3.63, 3.8) is 0 Å². The normalized spacial score (nSPS) is 14.0. The van der Waals surface area contributed by atoms with Crippen LogP contribution < -0.4 is 19.1 Å².